The maximum absolute atomic E-state index is 11.1. The summed E-state index contributed by atoms with van der Waals surface area (Å²) in [5.41, 5.74) is 0. The molecule has 0 saturated carbocycles. The minimum atomic E-state index is 0.292. The summed E-state index contributed by atoms with van der Waals surface area (Å²) < 4.78 is 0. The van der Waals surface area contributed by atoms with E-state index in [1.807, 2.05) is 19.0 Å². The Labute approximate surface area is 118 Å². The summed E-state index contributed by atoms with van der Waals surface area (Å²) in [7, 11) is 3.72. The normalized spacial score (nSPS) is 21.8. The second kappa shape index (κ2) is 9.82. The van der Waals surface area contributed by atoms with E-state index in [2.05, 4.69) is 20.8 Å². The molecule has 4 heteroatoms. The summed E-state index contributed by atoms with van der Waals surface area (Å²) in [6.45, 7) is 8.23. The molecule has 4 nitrogen and oxygen atoms in total. The van der Waals surface area contributed by atoms with E-state index >= 15 is 0 Å². The van der Waals surface area contributed by atoms with Crippen LogP contribution < -0.4 is 0 Å². The summed E-state index contributed by atoms with van der Waals surface area (Å²) in [5.74, 6) is 0.951. The summed E-state index contributed by atoms with van der Waals surface area (Å²) >= 11 is 0. The number of carbonyl (C=O) groups excluding carboxylic acids is 2. The zero-order valence-electron chi connectivity index (χ0n) is 13.2. The highest BCUT2D eigenvalue weighted by Gasteiger charge is 2.26. The first kappa shape index (κ1) is 17.9. The van der Waals surface area contributed by atoms with Crippen molar-refractivity contribution in [3.8, 4) is 0 Å². The zero-order valence-corrected chi connectivity index (χ0v) is 13.2. The molecule has 0 bridgehead atoms. The first-order chi connectivity index (χ1) is 8.97. The molecule has 2 rings (SSSR count). The van der Waals surface area contributed by atoms with Gasteiger partial charge in [0.05, 0.1) is 0 Å². The van der Waals surface area contributed by atoms with Crippen molar-refractivity contribution in [2.24, 2.45) is 5.92 Å². The molecule has 112 valence electrons. The van der Waals surface area contributed by atoms with E-state index in [9.17, 15) is 9.59 Å². The molecule has 0 spiro atoms. The van der Waals surface area contributed by atoms with Crippen LogP contribution in [0.3, 0.4) is 0 Å². The van der Waals surface area contributed by atoms with Crippen LogP contribution in [0.4, 0.5) is 0 Å². The van der Waals surface area contributed by atoms with Gasteiger partial charge >= 0.3 is 0 Å². The molecule has 19 heavy (non-hydrogen) atoms. The van der Waals surface area contributed by atoms with Gasteiger partial charge in [0.2, 0.25) is 11.8 Å². The summed E-state index contributed by atoms with van der Waals surface area (Å²) in [6, 6.07) is 0. The minimum Gasteiger partial charge on any atom is -0.346 e. The van der Waals surface area contributed by atoms with Crippen LogP contribution in [0.15, 0.2) is 0 Å². The molecule has 0 aliphatic carbocycles. The number of hydrogen-bond donors (Lipinski definition) is 0. The van der Waals surface area contributed by atoms with Crippen LogP contribution in [0.25, 0.3) is 0 Å². The van der Waals surface area contributed by atoms with E-state index in [0.29, 0.717) is 17.7 Å². The Hall–Kier alpha value is -1.06. The lowest BCUT2D eigenvalue weighted by molar-refractivity contribution is -0.130. The number of nitrogens with zero attached hydrogens (tertiary/aromatic N) is 2. The van der Waals surface area contributed by atoms with E-state index in [-0.39, 0.29) is 0 Å². The molecule has 0 aromatic heterocycles. The van der Waals surface area contributed by atoms with Gasteiger partial charge in [-0.2, -0.15) is 0 Å². The number of likely N-dealkylation sites (tertiary alicyclic amines) is 2. The molecule has 1 unspecified atom stereocenters. The van der Waals surface area contributed by atoms with Crippen molar-refractivity contribution >= 4 is 11.8 Å². The molecule has 2 heterocycles. The van der Waals surface area contributed by atoms with Crippen LogP contribution in [0.1, 0.15) is 52.9 Å². The topological polar surface area (TPSA) is 40.6 Å². The Bertz CT molecular complexity index is 279. The minimum absolute atomic E-state index is 0.292. The summed E-state index contributed by atoms with van der Waals surface area (Å²) in [4.78, 5) is 25.1. The van der Waals surface area contributed by atoms with Crippen molar-refractivity contribution in [1.82, 2.24) is 9.80 Å². The second-order valence-corrected chi connectivity index (χ2v) is 5.28. The molecule has 0 radical (unpaired) electrons. The highest BCUT2D eigenvalue weighted by Crippen LogP contribution is 2.18. The Morgan fingerprint density at radius 2 is 1.63 bits per heavy atom. The summed E-state index contributed by atoms with van der Waals surface area (Å²) in [6.07, 6.45) is 5.13. The first-order valence-electron chi connectivity index (χ1n) is 7.46. The van der Waals surface area contributed by atoms with Crippen LogP contribution in [-0.4, -0.2) is 48.8 Å². The fourth-order valence-electron chi connectivity index (χ4n) is 2.06. The van der Waals surface area contributed by atoms with Gasteiger partial charge in [0, 0.05) is 39.5 Å². The van der Waals surface area contributed by atoms with Gasteiger partial charge in [0.1, 0.15) is 0 Å². The molecule has 0 N–H and O–H groups in total. The monoisotopic (exact) mass is 270 g/mol. The van der Waals surface area contributed by atoms with Gasteiger partial charge in [0.15, 0.2) is 0 Å². The molecule has 0 aromatic carbocycles. The van der Waals surface area contributed by atoms with E-state index in [1.165, 1.54) is 6.42 Å². The Morgan fingerprint density at radius 1 is 1.05 bits per heavy atom. The van der Waals surface area contributed by atoms with Crippen LogP contribution >= 0.6 is 0 Å². The van der Waals surface area contributed by atoms with Gasteiger partial charge in [0.25, 0.3) is 0 Å². The molecule has 0 aromatic rings. The van der Waals surface area contributed by atoms with E-state index in [1.54, 1.807) is 4.90 Å². The van der Waals surface area contributed by atoms with Crippen LogP contribution in [0.2, 0.25) is 0 Å². The van der Waals surface area contributed by atoms with Gasteiger partial charge in [-0.3, -0.25) is 9.59 Å². The Balaban J connectivity index is 0.000000289. The third-order valence-electron chi connectivity index (χ3n) is 3.34. The van der Waals surface area contributed by atoms with Crippen molar-refractivity contribution in [3.05, 3.63) is 0 Å². The molecular formula is C15H30N2O2. The SMILES string of the molecule is CCC.CCC1CCN(C)C1=O.CN1CCCC1=O. The number of amides is 2. The van der Waals surface area contributed by atoms with Gasteiger partial charge < -0.3 is 9.80 Å². The smallest absolute Gasteiger partial charge is 0.225 e. The Morgan fingerprint density at radius 3 is 1.79 bits per heavy atom. The third kappa shape index (κ3) is 6.60. The molecule has 1 atom stereocenters. The molecule has 2 aliphatic heterocycles. The van der Waals surface area contributed by atoms with Gasteiger partial charge in [-0.05, 0) is 19.3 Å². The molecule has 2 saturated heterocycles. The summed E-state index contributed by atoms with van der Waals surface area (Å²) in [5, 5.41) is 0. The van der Waals surface area contributed by atoms with Crippen LogP contribution in [0.5, 0.6) is 0 Å². The van der Waals surface area contributed by atoms with Crippen LogP contribution in [0, 0.1) is 5.92 Å². The van der Waals surface area contributed by atoms with Crippen molar-refractivity contribution in [2.45, 2.75) is 52.9 Å². The van der Waals surface area contributed by atoms with Crippen LogP contribution in [-0.2, 0) is 9.59 Å². The predicted molar refractivity (Wildman–Crippen MR) is 78.9 cm³/mol. The number of hydrogen-bond acceptors (Lipinski definition) is 2. The van der Waals surface area contributed by atoms with E-state index in [4.69, 9.17) is 0 Å². The maximum Gasteiger partial charge on any atom is 0.225 e. The second-order valence-electron chi connectivity index (χ2n) is 5.28. The lowest BCUT2D eigenvalue weighted by atomic mass is 10.1. The highest BCUT2D eigenvalue weighted by molar-refractivity contribution is 5.80. The third-order valence-corrected chi connectivity index (χ3v) is 3.34. The van der Waals surface area contributed by atoms with Crippen molar-refractivity contribution in [1.29, 1.82) is 0 Å². The average Bonchev–Trinajstić information content (AvgIpc) is 2.90. The molecular weight excluding hydrogens is 240 g/mol. The molecule has 2 aliphatic rings. The molecule has 2 fully saturated rings. The van der Waals surface area contributed by atoms with Gasteiger partial charge in [-0.1, -0.05) is 27.2 Å². The molecule has 2 amide bonds. The number of carbonyl (C=O) groups is 2. The van der Waals surface area contributed by atoms with Gasteiger partial charge in [-0.15, -0.1) is 0 Å². The lowest BCUT2D eigenvalue weighted by Gasteiger charge is -2.07. The zero-order chi connectivity index (χ0) is 14.8. The average molecular weight is 270 g/mol. The van der Waals surface area contributed by atoms with Crippen molar-refractivity contribution < 1.29 is 9.59 Å². The van der Waals surface area contributed by atoms with Gasteiger partial charge in [-0.25, -0.2) is 0 Å². The van der Waals surface area contributed by atoms with E-state index < -0.39 is 0 Å². The predicted octanol–water partition coefficient (Wildman–Crippen LogP) is 2.53. The van der Waals surface area contributed by atoms with E-state index in [0.717, 1.165) is 38.8 Å². The first-order valence-corrected chi connectivity index (χ1v) is 7.46. The van der Waals surface area contributed by atoms with Crippen molar-refractivity contribution in [3.63, 3.8) is 0 Å². The fraction of sp³-hybridized carbons (Fsp3) is 0.867. The maximum atomic E-state index is 11.1. The largest absolute Gasteiger partial charge is 0.346 e. The standard InChI is InChI=1S/C7H13NO.C5H9NO.C3H8/c1-3-6-4-5-8(2)7(6)9;1-6-4-2-3-5(6)7;1-3-2/h6H,3-5H2,1-2H3;2-4H2,1H3;3H2,1-2H3. The fourth-order valence-corrected chi connectivity index (χ4v) is 2.06. The highest BCUT2D eigenvalue weighted by atomic mass is 16.2. The van der Waals surface area contributed by atoms with Crippen molar-refractivity contribution in [2.75, 3.05) is 27.2 Å². The number of rotatable bonds is 1. The Kier molecular flexibility index (Phi) is 9.27. The quantitative estimate of drug-likeness (QED) is 0.734. The lowest BCUT2D eigenvalue weighted by Crippen LogP contribution is -2.22.